The molecule has 0 saturated heterocycles. The van der Waals surface area contributed by atoms with Crippen LogP contribution < -0.4 is 15.0 Å². The zero-order valence-electron chi connectivity index (χ0n) is 11.8. The summed E-state index contributed by atoms with van der Waals surface area (Å²) in [6, 6.07) is 5.95. The molecule has 0 amide bonds. The normalized spacial score (nSPS) is 12.6. The first kappa shape index (κ1) is 14.8. The van der Waals surface area contributed by atoms with Gasteiger partial charge in [0.2, 0.25) is 0 Å². The van der Waals surface area contributed by atoms with Crippen LogP contribution in [0.1, 0.15) is 32.4 Å². The smallest absolute Gasteiger partial charge is 0.161 e. The third-order valence-corrected chi connectivity index (χ3v) is 2.58. The molecule has 1 unspecified atom stereocenters. The number of hydrogen-bond acceptors (Lipinski definition) is 4. The number of hydroxylamine groups is 1. The average molecular weight is 253 g/mol. The van der Waals surface area contributed by atoms with Gasteiger partial charge >= 0.3 is 0 Å². The number of methoxy groups -OCH3 is 2. The fourth-order valence-corrected chi connectivity index (χ4v) is 1.53. The summed E-state index contributed by atoms with van der Waals surface area (Å²) in [5.74, 6) is 1.97. The minimum atomic E-state index is 0.101. The Morgan fingerprint density at radius 2 is 1.72 bits per heavy atom. The molecule has 0 fully saturated rings. The Morgan fingerprint density at radius 3 is 2.28 bits per heavy atom. The van der Waals surface area contributed by atoms with E-state index in [0.29, 0.717) is 12.5 Å². The maximum Gasteiger partial charge on any atom is 0.161 e. The molecule has 1 N–H and O–H groups in total. The monoisotopic (exact) mass is 253 g/mol. The molecule has 1 aromatic carbocycles. The average Bonchev–Trinajstić information content (AvgIpc) is 2.37. The highest BCUT2D eigenvalue weighted by molar-refractivity contribution is 5.43. The van der Waals surface area contributed by atoms with Crippen molar-refractivity contribution in [1.82, 2.24) is 5.48 Å². The van der Waals surface area contributed by atoms with Gasteiger partial charge in [-0.05, 0) is 30.5 Å². The molecule has 0 radical (unpaired) electrons. The molecule has 18 heavy (non-hydrogen) atoms. The molecule has 0 aromatic heterocycles. The summed E-state index contributed by atoms with van der Waals surface area (Å²) in [6.45, 7) is 6.96. The molecular weight excluding hydrogens is 230 g/mol. The predicted octanol–water partition coefficient (Wildman–Crippen LogP) is 2.94. The van der Waals surface area contributed by atoms with E-state index in [1.54, 1.807) is 14.2 Å². The lowest BCUT2D eigenvalue weighted by Gasteiger charge is -2.17. The lowest BCUT2D eigenvalue weighted by Crippen LogP contribution is -2.21. The van der Waals surface area contributed by atoms with Crippen molar-refractivity contribution in [2.75, 3.05) is 20.8 Å². The third kappa shape index (κ3) is 4.20. The van der Waals surface area contributed by atoms with Gasteiger partial charge in [0.1, 0.15) is 0 Å². The highest BCUT2D eigenvalue weighted by Gasteiger charge is 2.10. The maximum absolute atomic E-state index is 5.42. The number of benzene rings is 1. The molecule has 0 bridgehead atoms. The molecule has 0 spiro atoms. The first-order valence-corrected chi connectivity index (χ1v) is 6.17. The van der Waals surface area contributed by atoms with Gasteiger partial charge in [-0.2, -0.15) is 5.48 Å². The lowest BCUT2D eigenvalue weighted by molar-refractivity contribution is 0.00405. The second-order valence-corrected chi connectivity index (χ2v) is 4.66. The van der Waals surface area contributed by atoms with E-state index >= 15 is 0 Å². The van der Waals surface area contributed by atoms with Crippen molar-refractivity contribution in [2.24, 2.45) is 5.92 Å². The third-order valence-electron chi connectivity index (χ3n) is 2.58. The van der Waals surface area contributed by atoms with Crippen LogP contribution >= 0.6 is 0 Å². The number of ether oxygens (including phenoxy) is 2. The van der Waals surface area contributed by atoms with Crippen LogP contribution in [0.2, 0.25) is 0 Å². The summed E-state index contributed by atoms with van der Waals surface area (Å²) in [4.78, 5) is 5.42. The summed E-state index contributed by atoms with van der Waals surface area (Å²) in [5, 5.41) is 0. The fourth-order valence-electron chi connectivity index (χ4n) is 1.53. The van der Waals surface area contributed by atoms with Crippen LogP contribution in [-0.4, -0.2) is 20.8 Å². The van der Waals surface area contributed by atoms with E-state index < -0.39 is 0 Å². The second kappa shape index (κ2) is 7.24. The maximum atomic E-state index is 5.42. The first-order valence-electron chi connectivity index (χ1n) is 6.17. The molecule has 1 aromatic rings. The Balaban J connectivity index is 2.65. The van der Waals surface area contributed by atoms with E-state index in [4.69, 9.17) is 14.3 Å². The van der Waals surface area contributed by atoms with E-state index in [0.717, 1.165) is 17.1 Å². The van der Waals surface area contributed by atoms with E-state index in [1.165, 1.54) is 0 Å². The van der Waals surface area contributed by atoms with Gasteiger partial charge in [0, 0.05) is 0 Å². The van der Waals surface area contributed by atoms with Crippen molar-refractivity contribution in [2.45, 2.75) is 26.8 Å². The minimum absolute atomic E-state index is 0.101. The van der Waals surface area contributed by atoms with Crippen molar-refractivity contribution in [3.63, 3.8) is 0 Å². The molecule has 0 aliphatic heterocycles. The Labute approximate surface area is 109 Å². The summed E-state index contributed by atoms with van der Waals surface area (Å²) < 4.78 is 10.5. The summed E-state index contributed by atoms with van der Waals surface area (Å²) >= 11 is 0. The van der Waals surface area contributed by atoms with Crippen LogP contribution in [0, 0.1) is 5.92 Å². The lowest BCUT2D eigenvalue weighted by atomic mass is 10.1. The Morgan fingerprint density at radius 1 is 1.06 bits per heavy atom. The molecule has 4 heteroatoms. The number of nitrogens with one attached hydrogen (secondary N) is 1. The second-order valence-electron chi connectivity index (χ2n) is 4.66. The van der Waals surface area contributed by atoms with Gasteiger partial charge in [-0.1, -0.05) is 19.9 Å². The van der Waals surface area contributed by atoms with Crippen LogP contribution in [0.25, 0.3) is 0 Å². The van der Waals surface area contributed by atoms with Gasteiger partial charge < -0.3 is 14.3 Å². The van der Waals surface area contributed by atoms with Crippen LogP contribution in [-0.2, 0) is 4.84 Å². The minimum Gasteiger partial charge on any atom is -0.493 e. The summed E-state index contributed by atoms with van der Waals surface area (Å²) in [6.07, 6.45) is 0. The van der Waals surface area contributed by atoms with Gasteiger partial charge in [0.05, 0.1) is 26.9 Å². The van der Waals surface area contributed by atoms with Crippen molar-refractivity contribution >= 4 is 0 Å². The predicted molar refractivity (Wildman–Crippen MR) is 71.9 cm³/mol. The molecule has 102 valence electrons. The molecule has 0 aliphatic carbocycles. The van der Waals surface area contributed by atoms with Crippen molar-refractivity contribution in [1.29, 1.82) is 0 Å². The van der Waals surface area contributed by atoms with Crippen molar-refractivity contribution < 1.29 is 14.3 Å². The quantitative estimate of drug-likeness (QED) is 0.758. The van der Waals surface area contributed by atoms with Crippen molar-refractivity contribution in [3.8, 4) is 11.5 Å². The zero-order valence-corrected chi connectivity index (χ0v) is 11.8. The fraction of sp³-hybridized carbons (Fsp3) is 0.571. The summed E-state index contributed by atoms with van der Waals surface area (Å²) in [5.41, 5.74) is 4.12. The van der Waals surface area contributed by atoms with E-state index in [2.05, 4.69) is 19.3 Å². The van der Waals surface area contributed by atoms with Crippen LogP contribution in [0.3, 0.4) is 0 Å². The Bertz CT molecular complexity index is 366. The van der Waals surface area contributed by atoms with Gasteiger partial charge in [-0.25, -0.2) is 0 Å². The highest BCUT2D eigenvalue weighted by atomic mass is 16.6. The molecule has 1 atom stereocenters. The molecule has 0 heterocycles. The Kier molecular flexibility index (Phi) is 5.95. The van der Waals surface area contributed by atoms with E-state index in [-0.39, 0.29) is 6.04 Å². The van der Waals surface area contributed by atoms with Gasteiger partial charge in [0.15, 0.2) is 11.5 Å². The van der Waals surface area contributed by atoms with Gasteiger partial charge in [-0.15, -0.1) is 0 Å². The van der Waals surface area contributed by atoms with Crippen molar-refractivity contribution in [3.05, 3.63) is 23.8 Å². The molecule has 4 nitrogen and oxygen atoms in total. The van der Waals surface area contributed by atoms with Gasteiger partial charge in [-0.3, -0.25) is 0 Å². The highest BCUT2D eigenvalue weighted by Crippen LogP contribution is 2.29. The number of hydrogen-bond donors (Lipinski definition) is 1. The molecular formula is C14H23NO3. The molecule has 1 rings (SSSR count). The van der Waals surface area contributed by atoms with Crippen LogP contribution in [0.5, 0.6) is 11.5 Å². The zero-order chi connectivity index (χ0) is 13.5. The van der Waals surface area contributed by atoms with E-state index in [9.17, 15) is 0 Å². The largest absolute Gasteiger partial charge is 0.493 e. The first-order chi connectivity index (χ1) is 8.58. The van der Waals surface area contributed by atoms with E-state index in [1.807, 2.05) is 25.1 Å². The van der Waals surface area contributed by atoms with Crippen LogP contribution in [0.4, 0.5) is 0 Å². The standard InChI is InChI=1S/C14H23NO3/c1-10(2)9-18-15-11(3)12-6-7-13(16-4)14(8-12)17-5/h6-8,10-11,15H,9H2,1-5H3. The SMILES string of the molecule is COc1ccc(C(C)NOCC(C)C)cc1OC. The van der Waals surface area contributed by atoms with Gasteiger partial charge in [0.25, 0.3) is 0 Å². The Hall–Kier alpha value is -1.26. The molecule has 0 saturated carbocycles. The summed E-state index contributed by atoms with van der Waals surface area (Å²) in [7, 11) is 3.26. The number of rotatable bonds is 7. The van der Waals surface area contributed by atoms with Crippen LogP contribution in [0.15, 0.2) is 18.2 Å². The topological polar surface area (TPSA) is 39.7 Å². The molecule has 0 aliphatic rings.